The second-order valence-corrected chi connectivity index (χ2v) is 3.18. The average Bonchev–Trinajstić information content (AvgIpc) is 2.52. The molecular weight excluding hydrogens is 138 g/mol. The van der Waals surface area contributed by atoms with Gasteiger partial charge in [-0.25, -0.2) is 0 Å². The number of nitriles is 1. The van der Waals surface area contributed by atoms with Gasteiger partial charge in [0.1, 0.15) is 5.41 Å². The van der Waals surface area contributed by atoms with Crippen molar-refractivity contribution in [2.24, 2.45) is 5.41 Å². The maximum Gasteiger partial charge on any atom is 0.152 e. The smallest absolute Gasteiger partial charge is 0.152 e. The Morgan fingerprint density at radius 1 is 1.55 bits per heavy atom. The average molecular weight is 151 g/mol. The van der Waals surface area contributed by atoms with Gasteiger partial charge >= 0.3 is 0 Å². The van der Waals surface area contributed by atoms with Crippen LogP contribution in [0.4, 0.5) is 0 Å². The minimum Gasteiger partial charge on any atom is -0.298 e. The SMILES string of the molecule is CCC(=O)C1(C#N)CCCC1. The van der Waals surface area contributed by atoms with E-state index >= 15 is 0 Å². The van der Waals surface area contributed by atoms with Crippen LogP contribution in [0.15, 0.2) is 0 Å². The summed E-state index contributed by atoms with van der Waals surface area (Å²) in [5.74, 6) is 0.137. The summed E-state index contributed by atoms with van der Waals surface area (Å²) >= 11 is 0. The van der Waals surface area contributed by atoms with Gasteiger partial charge in [-0.1, -0.05) is 19.8 Å². The van der Waals surface area contributed by atoms with Crippen molar-refractivity contribution in [3.8, 4) is 6.07 Å². The largest absolute Gasteiger partial charge is 0.298 e. The van der Waals surface area contributed by atoms with Crippen LogP contribution in [0.1, 0.15) is 39.0 Å². The van der Waals surface area contributed by atoms with Crippen LogP contribution >= 0.6 is 0 Å². The van der Waals surface area contributed by atoms with Crippen molar-refractivity contribution < 1.29 is 4.79 Å². The third-order valence-corrected chi connectivity index (χ3v) is 2.53. The first-order chi connectivity index (χ1) is 5.25. The van der Waals surface area contributed by atoms with Gasteiger partial charge in [0.25, 0.3) is 0 Å². The predicted molar refractivity (Wildman–Crippen MR) is 41.8 cm³/mol. The maximum absolute atomic E-state index is 11.3. The van der Waals surface area contributed by atoms with Gasteiger partial charge in [0, 0.05) is 6.42 Å². The van der Waals surface area contributed by atoms with Gasteiger partial charge in [-0.2, -0.15) is 5.26 Å². The Morgan fingerprint density at radius 3 is 2.45 bits per heavy atom. The molecular formula is C9H13NO. The van der Waals surface area contributed by atoms with E-state index in [0.717, 1.165) is 25.7 Å². The molecule has 0 bridgehead atoms. The molecule has 0 amide bonds. The maximum atomic E-state index is 11.3. The highest BCUT2D eigenvalue weighted by Gasteiger charge is 2.39. The van der Waals surface area contributed by atoms with Crippen molar-refractivity contribution in [2.75, 3.05) is 0 Å². The fourth-order valence-corrected chi connectivity index (χ4v) is 1.77. The van der Waals surface area contributed by atoms with E-state index in [2.05, 4.69) is 6.07 Å². The van der Waals surface area contributed by atoms with E-state index in [0.29, 0.717) is 6.42 Å². The second kappa shape index (κ2) is 3.04. The summed E-state index contributed by atoms with van der Waals surface area (Å²) in [7, 11) is 0. The lowest BCUT2D eigenvalue weighted by Gasteiger charge is -2.16. The van der Waals surface area contributed by atoms with Crippen molar-refractivity contribution in [1.29, 1.82) is 5.26 Å². The zero-order valence-corrected chi connectivity index (χ0v) is 6.89. The highest BCUT2D eigenvalue weighted by molar-refractivity contribution is 5.87. The molecule has 2 heteroatoms. The Kier molecular flexibility index (Phi) is 2.28. The van der Waals surface area contributed by atoms with Crippen molar-refractivity contribution in [3.05, 3.63) is 0 Å². The molecule has 0 aromatic heterocycles. The lowest BCUT2D eigenvalue weighted by atomic mass is 9.82. The van der Waals surface area contributed by atoms with Gasteiger partial charge < -0.3 is 0 Å². The minimum absolute atomic E-state index is 0.137. The van der Waals surface area contributed by atoms with Crippen molar-refractivity contribution in [1.82, 2.24) is 0 Å². The van der Waals surface area contributed by atoms with Crippen molar-refractivity contribution in [3.63, 3.8) is 0 Å². The molecule has 0 heterocycles. The molecule has 0 unspecified atom stereocenters. The van der Waals surface area contributed by atoms with Crippen LogP contribution in [0, 0.1) is 16.7 Å². The summed E-state index contributed by atoms with van der Waals surface area (Å²) < 4.78 is 0. The molecule has 0 N–H and O–H groups in total. The molecule has 0 saturated heterocycles. The summed E-state index contributed by atoms with van der Waals surface area (Å²) in [6.45, 7) is 1.83. The Hall–Kier alpha value is -0.840. The fraction of sp³-hybridized carbons (Fsp3) is 0.778. The fourth-order valence-electron chi connectivity index (χ4n) is 1.77. The number of hydrogen-bond acceptors (Lipinski definition) is 2. The summed E-state index contributed by atoms with van der Waals surface area (Å²) in [4.78, 5) is 11.3. The quantitative estimate of drug-likeness (QED) is 0.606. The van der Waals surface area contributed by atoms with Crippen LogP contribution in [0.5, 0.6) is 0 Å². The van der Waals surface area contributed by atoms with E-state index in [9.17, 15) is 4.79 Å². The normalized spacial score (nSPS) is 21.1. The minimum atomic E-state index is -0.589. The molecule has 1 aliphatic rings. The van der Waals surface area contributed by atoms with Crippen molar-refractivity contribution >= 4 is 5.78 Å². The molecule has 0 atom stereocenters. The molecule has 1 saturated carbocycles. The Bertz CT molecular complexity index is 196. The summed E-state index contributed by atoms with van der Waals surface area (Å²) in [6, 6.07) is 2.18. The molecule has 0 aromatic carbocycles. The number of carbonyl (C=O) groups excluding carboxylic acids is 1. The Labute approximate surface area is 67.2 Å². The first-order valence-corrected chi connectivity index (χ1v) is 4.20. The molecule has 60 valence electrons. The van der Waals surface area contributed by atoms with E-state index in [-0.39, 0.29) is 5.78 Å². The molecule has 0 spiro atoms. The van der Waals surface area contributed by atoms with Gasteiger partial charge in [-0.3, -0.25) is 4.79 Å². The molecule has 0 aromatic rings. The molecule has 0 aliphatic heterocycles. The number of ketones is 1. The van der Waals surface area contributed by atoms with Gasteiger partial charge in [0.05, 0.1) is 6.07 Å². The third-order valence-electron chi connectivity index (χ3n) is 2.53. The van der Waals surface area contributed by atoms with E-state index in [1.807, 2.05) is 6.92 Å². The van der Waals surface area contributed by atoms with Crippen LogP contribution < -0.4 is 0 Å². The molecule has 11 heavy (non-hydrogen) atoms. The molecule has 1 rings (SSSR count). The summed E-state index contributed by atoms with van der Waals surface area (Å²) in [6.07, 6.45) is 4.17. The lowest BCUT2D eigenvalue weighted by Crippen LogP contribution is -2.25. The number of Topliss-reactive ketones (excluding diaryl/α,β-unsaturated/α-hetero) is 1. The second-order valence-electron chi connectivity index (χ2n) is 3.18. The highest BCUT2D eigenvalue weighted by Crippen LogP contribution is 2.38. The van der Waals surface area contributed by atoms with Gasteiger partial charge in [0.15, 0.2) is 5.78 Å². The van der Waals surface area contributed by atoms with E-state index in [4.69, 9.17) is 5.26 Å². The Balaban J connectivity index is 2.76. The molecule has 1 aliphatic carbocycles. The van der Waals surface area contributed by atoms with Crippen LogP contribution in [0.25, 0.3) is 0 Å². The van der Waals surface area contributed by atoms with Crippen LogP contribution in [0.3, 0.4) is 0 Å². The molecule has 0 radical (unpaired) electrons. The van der Waals surface area contributed by atoms with E-state index < -0.39 is 5.41 Å². The standard InChI is InChI=1S/C9H13NO/c1-2-8(11)9(7-10)5-3-4-6-9/h2-6H2,1H3. The van der Waals surface area contributed by atoms with Gasteiger partial charge in [-0.05, 0) is 12.8 Å². The van der Waals surface area contributed by atoms with Crippen LogP contribution in [-0.4, -0.2) is 5.78 Å². The number of hydrogen-bond donors (Lipinski definition) is 0. The predicted octanol–water partition coefficient (Wildman–Crippen LogP) is 2.05. The van der Waals surface area contributed by atoms with E-state index in [1.165, 1.54) is 0 Å². The first kappa shape index (κ1) is 8.26. The van der Waals surface area contributed by atoms with E-state index in [1.54, 1.807) is 0 Å². The number of carbonyl (C=O) groups is 1. The van der Waals surface area contributed by atoms with Crippen LogP contribution in [-0.2, 0) is 4.79 Å². The first-order valence-electron chi connectivity index (χ1n) is 4.20. The number of nitrogens with zero attached hydrogens (tertiary/aromatic N) is 1. The zero-order valence-electron chi connectivity index (χ0n) is 6.89. The lowest BCUT2D eigenvalue weighted by molar-refractivity contribution is -0.125. The monoisotopic (exact) mass is 151 g/mol. The zero-order chi connectivity index (χ0) is 8.32. The molecule has 2 nitrogen and oxygen atoms in total. The highest BCUT2D eigenvalue weighted by atomic mass is 16.1. The number of rotatable bonds is 2. The van der Waals surface area contributed by atoms with Gasteiger partial charge in [0.2, 0.25) is 0 Å². The van der Waals surface area contributed by atoms with Gasteiger partial charge in [-0.15, -0.1) is 0 Å². The third kappa shape index (κ3) is 1.28. The van der Waals surface area contributed by atoms with Crippen LogP contribution in [0.2, 0.25) is 0 Å². The van der Waals surface area contributed by atoms with Crippen molar-refractivity contribution in [2.45, 2.75) is 39.0 Å². The topological polar surface area (TPSA) is 40.9 Å². The summed E-state index contributed by atoms with van der Waals surface area (Å²) in [5.41, 5.74) is -0.589. The summed E-state index contributed by atoms with van der Waals surface area (Å²) in [5, 5.41) is 8.85. The Morgan fingerprint density at radius 2 is 2.09 bits per heavy atom. The molecule has 1 fully saturated rings.